The van der Waals surface area contributed by atoms with Gasteiger partial charge in [-0.05, 0) is 19.3 Å². The zero-order valence-electron chi connectivity index (χ0n) is 7.70. The molecule has 0 saturated carbocycles. The molecule has 0 aliphatic carbocycles. The van der Waals surface area contributed by atoms with E-state index in [2.05, 4.69) is 0 Å². The summed E-state index contributed by atoms with van der Waals surface area (Å²) in [6.45, 7) is 1.64. The molecule has 0 atom stereocenters. The normalized spacial score (nSPS) is 18.8. The molecule has 1 rings (SSSR count). The number of amides is 1. The smallest absolute Gasteiger partial charge is 0.248 e. The second-order valence-electron chi connectivity index (χ2n) is 3.27. The van der Waals surface area contributed by atoms with E-state index in [9.17, 15) is 4.79 Å². The van der Waals surface area contributed by atoms with Crippen LogP contribution in [0.2, 0.25) is 0 Å². The van der Waals surface area contributed by atoms with Gasteiger partial charge in [-0.25, -0.2) is 0 Å². The van der Waals surface area contributed by atoms with Crippen LogP contribution in [0.3, 0.4) is 0 Å². The first-order valence-electron chi connectivity index (χ1n) is 4.59. The van der Waals surface area contributed by atoms with E-state index >= 15 is 0 Å². The van der Waals surface area contributed by atoms with Gasteiger partial charge in [0.05, 0.1) is 12.2 Å². The van der Waals surface area contributed by atoms with Gasteiger partial charge in [-0.15, -0.1) is 0 Å². The van der Waals surface area contributed by atoms with Gasteiger partial charge >= 0.3 is 0 Å². The molecule has 0 aromatic heterocycles. The quantitative estimate of drug-likeness (QED) is 0.599. The van der Waals surface area contributed by atoms with Gasteiger partial charge in [-0.2, -0.15) is 0 Å². The number of nitrogens with two attached hydrogens (primary N) is 1. The number of likely N-dealkylation sites (tertiary alicyclic amines) is 1. The van der Waals surface area contributed by atoms with Crippen molar-refractivity contribution < 1.29 is 9.90 Å². The van der Waals surface area contributed by atoms with E-state index in [1.54, 1.807) is 6.20 Å². The Morgan fingerprint density at radius 3 is 2.46 bits per heavy atom. The van der Waals surface area contributed by atoms with Crippen molar-refractivity contribution in [3.05, 3.63) is 11.8 Å². The minimum Gasteiger partial charge on any atom is -0.391 e. The Labute approximate surface area is 78.0 Å². The van der Waals surface area contributed by atoms with Crippen molar-refractivity contribution >= 4 is 5.91 Å². The molecular weight excluding hydrogens is 168 g/mol. The maximum absolute atomic E-state index is 10.8. The van der Waals surface area contributed by atoms with Crippen LogP contribution in [-0.2, 0) is 4.79 Å². The Kier molecular flexibility index (Phi) is 3.76. The summed E-state index contributed by atoms with van der Waals surface area (Å²) in [5, 5.41) is 8.83. The van der Waals surface area contributed by atoms with Gasteiger partial charge in [0.25, 0.3) is 0 Å². The Morgan fingerprint density at radius 2 is 2.00 bits per heavy atom. The van der Waals surface area contributed by atoms with E-state index in [1.807, 2.05) is 4.90 Å². The molecule has 0 aromatic carbocycles. The van der Waals surface area contributed by atoms with Crippen molar-refractivity contribution in [2.24, 2.45) is 5.73 Å². The summed E-state index contributed by atoms with van der Waals surface area (Å²) in [6, 6.07) is 0. The molecule has 74 valence electrons. The van der Waals surface area contributed by atoms with Crippen molar-refractivity contribution in [2.75, 3.05) is 19.7 Å². The molecule has 0 bridgehead atoms. The van der Waals surface area contributed by atoms with Crippen LogP contribution in [-0.4, -0.2) is 35.6 Å². The number of hydrogen-bond donors (Lipinski definition) is 2. The van der Waals surface area contributed by atoms with Crippen LogP contribution in [0.25, 0.3) is 0 Å². The summed E-state index contributed by atoms with van der Waals surface area (Å²) < 4.78 is 0. The molecule has 1 fully saturated rings. The molecule has 1 aliphatic heterocycles. The number of nitrogens with zero attached hydrogens (tertiary/aromatic N) is 1. The van der Waals surface area contributed by atoms with Gasteiger partial charge in [0.1, 0.15) is 0 Å². The van der Waals surface area contributed by atoms with Crippen LogP contribution >= 0.6 is 0 Å². The lowest BCUT2D eigenvalue weighted by molar-refractivity contribution is -0.115. The third-order valence-corrected chi connectivity index (χ3v) is 2.22. The molecule has 1 aliphatic rings. The molecule has 1 saturated heterocycles. The predicted molar refractivity (Wildman–Crippen MR) is 49.8 cm³/mol. The minimum absolute atomic E-state index is 0.272. The average molecular weight is 184 g/mol. The Balaban J connectivity index is 2.54. The highest BCUT2D eigenvalue weighted by Crippen LogP contribution is 2.10. The molecule has 3 N–H and O–H groups in total. The average Bonchev–Trinajstić information content (AvgIpc) is 2.15. The van der Waals surface area contributed by atoms with Crippen LogP contribution in [0.4, 0.5) is 0 Å². The van der Waals surface area contributed by atoms with Crippen molar-refractivity contribution in [3.63, 3.8) is 0 Å². The predicted octanol–water partition coefficient (Wildman–Crippen LogP) is -0.166. The molecule has 1 heterocycles. The minimum atomic E-state index is -0.534. The summed E-state index contributed by atoms with van der Waals surface area (Å²) in [7, 11) is 0. The third kappa shape index (κ3) is 3.06. The number of carbonyl (C=O) groups is 1. The maximum atomic E-state index is 10.8. The number of aliphatic hydroxyl groups excluding tert-OH is 1. The number of primary amides is 1. The van der Waals surface area contributed by atoms with Gasteiger partial charge in [0.2, 0.25) is 5.91 Å². The number of hydrogen-bond acceptors (Lipinski definition) is 3. The maximum Gasteiger partial charge on any atom is 0.248 e. The summed E-state index contributed by atoms with van der Waals surface area (Å²) in [5.74, 6) is -0.534. The van der Waals surface area contributed by atoms with E-state index in [1.165, 1.54) is 6.42 Å². The molecule has 1 amide bonds. The summed E-state index contributed by atoms with van der Waals surface area (Å²) in [5.41, 5.74) is 5.36. The number of carbonyl (C=O) groups excluding carboxylic acids is 1. The molecular formula is C9H16N2O2. The van der Waals surface area contributed by atoms with E-state index in [4.69, 9.17) is 10.8 Å². The fraction of sp³-hybridized carbons (Fsp3) is 0.667. The highest BCUT2D eigenvalue weighted by molar-refractivity contribution is 5.91. The van der Waals surface area contributed by atoms with Gasteiger partial charge < -0.3 is 15.7 Å². The Morgan fingerprint density at radius 1 is 1.38 bits per heavy atom. The van der Waals surface area contributed by atoms with E-state index in [0.29, 0.717) is 5.57 Å². The van der Waals surface area contributed by atoms with E-state index in [-0.39, 0.29) is 6.61 Å². The topological polar surface area (TPSA) is 66.6 Å². The van der Waals surface area contributed by atoms with Gasteiger partial charge in [-0.3, -0.25) is 4.79 Å². The lowest BCUT2D eigenvalue weighted by Gasteiger charge is -2.25. The Hall–Kier alpha value is -1.03. The molecule has 0 aromatic rings. The first-order valence-corrected chi connectivity index (χ1v) is 4.59. The monoisotopic (exact) mass is 184 g/mol. The largest absolute Gasteiger partial charge is 0.391 e. The molecule has 0 radical (unpaired) electrons. The number of piperidine rings is 1. The van der Waals surface area contributed by atoms with Crippen molar-refractivity contribution in [3.8, 4) is 0 Å². The van der Waals surface area contributed by atoms with Crippen molar-refractivity contribution in [1.82, 2.24) is 4.90 Å². The molecule has 4 nitrogen and oxygen atoms in total. The molecule has 0 spiro atoms. The summed E-state index contributed by atoms with van der Waals surface area (Å²) in [4.78, 5) is 12.8. The lowest BCUT2D eigenvalue weighted by atomic mass is 10.1. The molecule has 13 heavy (non-hydrogen) atoms. The van der Waals surface area contributed by atoms with Crippen LogP contribution < -0.4 is 5.73 Å². The van der Waals surface area contributed by atoms with Crippen LogP contribution in [0, 0.1) is 0 Å². The van der Waals surface area contributed by atoms with Gasteiger partial charge in [0.15, 0.2) is 0 Å². The second kappa shape index (κ2) is 4.87. The SMILES string of the molecule is NC(=O)C(=CN1CCCCC1)CO. The Bertz CT molecular complexity index is 208. The van der Waals surface area contributed by atoms with Gasteiger partial charge in [-0.1, -0.05) is 0 Å². The lowest BCUT2D eigenvalue weighted by Crippen LogP contribution is -2.27. The molecule has 4 heteroatoms. The fourth-order valence-corrected chi connectivity index (χ4v) is 1.45. The highest BCUT2D eigenvalue weighted by Gasteiger charge is 2.09. The van der Waals surface area contributed by atoms with Crippen molar-refractivity contribution in [1.29, 1.82) is 0 Å². The van der Waals surface area contributed by atoms with E-state index in [0.717, 1.165) is 25.9 Å². The zero-order chi connectivity index (χ0) is 9.68. The zero-order valence-corrected chi connectivity index (χ0v) is 7.70. The molecule has 0 unspecified atom stereocenters. The first kappa shape index (κ1) is 10.1. The van der Waals surface area contributed by atoms with Crippen molar-refractivity contribution in [2.45, 2.75) is 19.3 Å². The van der Waals surface area contributed by atoms with Gasteiger partial charge in [0, 0.05) is 19.3 Å². The second-order valence-corrected chi connectivity index (χ2v) is 3.27. The van der Waals surface area contributed by atoms with E-state index < -0.39 is 5.91 Å². The van der Waals surface area contributed by atoms with Crippen LogP contribution in [0.1, 0.15) is 19.3 Å². The summed E-state index contributed by atoms with van der Waals surface area (Å²) >= 11 is 0. The summed E-state index contributed by atoms with van der Waals surface area (Å²) in [6.07, 6.45) is 5.22. The van der Waals surface area contributed by atoms with Crippen LogP contribution in [0.15, 0.2) is 11.8 Å². The fourth-order valence-electron chi connectivity index (χ4n) is 1.45. The van der Waals surface area contributed by atoms with Crippen LogP contribution in [0.5, 0.6) is 0 Å². The standard InChI is InChI=1S/C9H16N2O2/c10-9(13)8(7-12)6-11-4-2-1-3-5-11/h6,12H,1-5,7H2,(H2,10,13). The highest BCUT2D eigenvalue weighted by atomic mass is 16.3. The third-order valence-electron chi connectivity index (χ3n) is 2.22. The number of aliphatic hydroxyl groups is 1. The first-order chi connectivity index (χ1) is 6.24. The number of rotatable bonds is 3.